The molecule has 0 spiro atoms. The highest BCUT2D eigenvalue weighted by atomic mass is 16.6. The molecule has 0 saturated heterocycles. The van der Waals surface area contributed by atoms with Crippen molar-refractivity contribution in [3.63, 3.8) is 0 Å². The number of methoxy groups -OCH3 is 1. The molecule has 6 nitrogen and oxygen atoms in total. The number of hydrogen-bond donors (Lipinski definition) is 2. The van der Waals surface area contributed by atoms with Crippen LogP contribution in [0, 0.1) is 10.1 Å². The van der Waals surface area contributed by atoms with E-state index < -0.39 is 0 Å². The standard InChI is InChI=1S/C22H25N3O3/c1-14(12-15-6-9-17(28-2)10-7-15)23-21-5-3-4-18-19-13-16(25(26)27)8-11-20(19)24-22(18)21/h6-11,13-14,21,23-24H,3-5,12H2,1-2H3/t14-,21+/m0/s1. The van der Waals surface area contributed by atoms with Crippen molar-refractivity contribution in [2.45, 2.75) is 44.7 Å². The number of H-pyrrole nitrogens is 1. The minimum Gasteiger partial charge on any atom is -0.497 e. The number of aryl methyl sites for hydroxylation is 1. The summed E-state index contributed by atoms with van der Waals surface area (Å²) in [6.07, 6.45) is 4.04. The van der Waals surface area contributed by atoms with Crippen molar-refractivity contribution in [3.8, 4) is 5.75 Å². The molecule has 1 heterocycles. The maximum absolute atomic E-state index is 11.1. The maximum atomic E-state index is 11.1. The van der Waals surface area contributed by atoms with E-state index in [-0.39, 0.29) is 16.7 Å². The topological polar surface area (TPSA) is 80.2 Å². The first-order valence-corrected chi connectivity index (χ1v) is 9.73. The van der Waals surface area contributed by atoms with Gasteiger partial charge in [-0.1, -0.05) is 12.1 Å². The van der Waals surface area contributed by atoms with E-state index in [0.29, 0.717) is 6.04 Å². The van der Waals surface area contributed by atoms with Crippen molar-refractivity contribution in [1.82, 2.24) is 10.3 Å². The third-order valence-corrected chi connectivity index (χ3v) is 5.59. The quantitative estimate of drug-likeness (QED) is 0.481. The zero-order chi connectivity index (χ0) is 19.7. The van der Waals surface area contributed by atoms with Crippen LogP contribution in [0.25, 0.3) is 10.9 Å². The average molecular weight is 379 g/mol. The number of nitrogens with one attached hydrogen (secondary N) is 2. The maximum Gasteiger partial charge on any atom is 0.270 e. The summed E-state index contributed by atoms with van der Waals surface area (Å²) in [6.45, 7) is 2.20. The molecule has 1 aromatic heterocycles. The Kier molecular flexibility index (Phi) is 5.05. The zero-order valence-corrected chi connectivity index (χ0v) is 16.2. The van der Waals surface area contributed by atoms with E-state index in [1.807, 2.05) is 18.2 Å². The molecule has 0 aliphatic heterocycles. The summed E-state index contributed by atoms with van der Waals surface area (Å²) in [5.41, 5.74) is 4.80. The van der Waals surface area contributed by atoms with E-state index in [2.05, 4.69) is 29.4 Å². The van der Waals surface area contributed by atoms with Gasteiger partial charge in [0.2, 0.25) is 0 Å². The van der Waals surface area contributed by atoms with Gasteiger partial charge in [0.05, 0.1) is 12.0 Å². The zero-order valence-electron chi connectivity index (χ0n) is 16.2. The number of hydrogen-bond acceptors (Lipinski definition) is 4. The van der Waals surface area contributed by atoms with Crippen molar-refractivity contribution >= 4 is 16.6 Å². The van der Waals surface area contributed by atoms with Crippen LogP contribution in [0.2, 0.25) is 0 Å². The number of nitro benzene ring substituents is 1. The smallest absolute Gasteiger partial charge is 0.270 e. The second-order valence-electron chi connectivity index (χ2n) is 7.57. The van der Waals surface area contributed by atoms with Crippen LogP contribution in [0.4, 0.5) is 5.69 Å². The summed E-state index contributed by atoms with van der Waals surface area (Å²) in [5, 5.41) is 15.9. The summed E-state index contributed by atoms with van der Waals surface area (Å²) in [6, 6.07) is 13.8. The number of nitro groups is 1. The minimum absolute atomic E-state index is 0.150. The molecule has 2 atom stereocenters. The molecule has 2 N–H and O–H groups in total. The van der Waals surface area contributed by atoms with Gasteiger partial charge in [0.15, 0.2) is 0 Å². The van der Waals surface area contributed by atoms with E-state index in [1.54, 1.807) is 19.2 Å². The van der Waals surface area contributed by atoms with Gasteiger partial charge in [-0.25, -0.2) is 0 Å². The summed E-state index contributed by atoms with van der Waals surface area (Å²) < 4.78 is 5.22. The van der Waals surface area contributed by atoms with Crippen LogP contribution in [0.1, 0.15) is 42.6 Å². The SMILES string of the molecule is COc1ccc(C[C@H](C)N[C@@H]2CCCc3c2[nH]c2ccc([N+](=O)[O-])cc32)cc1. The molecule has 4 rings (SSSR count). The highest BCUT2D eigenvalue weighted by Crippen LogP contribution is 2.36. The Morgan fingerprint density at radius 3 is 2.79 bits per heavy atom. The minimum atomic E-state index is -0.325. The molecule has 0 fully saturated rings. The van der Waals surface area contributed by atoms with E-state index >= 15 is 0 Å². The normalized spacial score (nSPS) is 17.3. The number of ether oxygens (including phenoxy) is 1. The Bertz CT molecular complexity index is 994. The fourth-order valence-corrected chi connectivity index (χ4v) is 4.25. The summed E-state index contributed by atoms with van der Waals surface area (Å²) in [7, 11) is 1.68. The molecule has 1 aliphatic rings. The molecule has 1 aliphatic carbocycles. The van der Waals surface area contributed by atoms with Crippen LogP contribution in [0.3, 0.4) is 0 Å². The molecule has 0 unspecified atom stereocenters. The Hall–Kier alpha value is -2.86. The molecular weight excluding hydrogens is 354 g/mol. The number of non-ortho nitro benzene ring substituents is 1. The Labute approximate surface area is 164 Å². The average Bonchev–Trinajstić information content (AvgIpc) is 3.07. The number of rotatable bonds is 6. The number of nitrogens with zero attached hydrogens (tertiary/aromatic N) is 1. The van der Waals surface area contributed by atoms with Gasteiger partial charge in [-0.05, 0) is 61.9 Å². The second-order valence-corrected chi connectivity index (χ2v) is 7.57. The van der Waals surface area contributed by atoms with Crippen LogP contribution in [0.15, 0.2) is 42.5 Å². The lowest BCUT2D eigenvalue weighted by Crippen LogP contribution is -2.34. The molecule has 3 aromatic rings. The van der Waals surface area contributed by atoms with Crippen LogP contribution in [-0.4, -0.2) is 23.1 Å². The van der Waals surface area contributed by atoms with Gasteiger partial charge < -0.3 is 15.0 Å². The summed E-state index contributed by atoms with van der Waals surface area (Å²) in [5.74, 6) is 0.869. The third kappa shape index (κ3) is 3.60. The molecule has 6 heteroatoms. The summed E-state index contributed by atoms with van der Waals surface area (Å²) >= 11 is 0. The van der Waals surface area contributed by atoms with E-state index in [4.69, 9.17) is 4.74 Å². The predicted octanol–water partition coefficient (Wildman–Crippen LogP) is 4.68. The van der Waals surface area contributed by atoms with Crippen LogP contribution < -0.4 is 10.1 Å². The van der Waals surface area contributed by atoms with Crippen molar-refractivity contribution in [2.24, 2.45) is 0 Å². The molecule has 0 bridgehead atoms. The number of fused-ring (bicyclic) bond motifs is 3. The van der Waals surface area contributed by atoms with E-state index in [1.165, 1.54) is 16.8 Å². The number of benzene rings is 2. The first-order valence-electron chi connectivity index (χ1n) is 9.73. The monoisotopic (exact) mass is 379 g/mol. The van der Waals surface area contributed by atoms with Crippen molar-refractivity contribution < 1.29 is 9.66 Å². The molecule has 2 aromatic carbocycles. The van der Waals surface area contributed by atoms with Gasteiger partial charge >= 0.3 is 0 Å². The van der Waals surface area contributed by atoms with Crippen LogP contribution >= 0.6 is 0 Å². The molecule has 0 radical (unpaired) electrons. The van der Waals surface area contributed by atoms with Crippen LogP contribution in [-0.2, 0) is 12.8 Å². The molecular formula is C22H25N3O3. The van der Waals surface area contributed by atoms with Gasteiger partial charge in [0, 0.05) is 40.8 Å². The second kappa shape index (κ2) is 7.64. The van der Waals surface area contributed by atoms with E-state index in [9.17, 15) is 10.1 Å². The highest BCUT2D eigenvalue weighted by Gasteiger charge is 2.26. The Balaban J connectivity index is 1.53. The molecule has 0 amide bonds. The highest BCUT2D eigenvalue weighted by molar-refractivity contribution is 5.87. The van der Waals surface area contributed by atoms with Crippen molar-refractivity contribution in [1.29, 1.82) is 0 Å². The molecule has 28 heavy (non-hydrogen) atoms. The van der Waals surface area contributed by atoms with Crippen LogP contribution in [0.5, 0.6) is 5.75 Å². The lowest BCUT2D eigenvalue weighted by atomic mass is 9.91. The fourth-order valence-electron chi connectivity index (χ4n) is 4.25. The van der Waals surface area contributed by atoms with Crippen molar-refractivity contribution in [3.05, 3.63) is 69.4 Å². The van der Waals surface area contributed by atoms with Gasteiger partial charge in [0.1, 0.15) is 5.75 Å². The first kappa shape index (κ1) is 18.5. The van der Waals surface area contributed by atoms with Gasteiger partial charge in [-0.2, -0.15) is 0 Å². The molecule has 0 saturated carbocycles. The summed E-state index contributed by atoms with van der Waals surface area (Å²) in [4.78, 5) is 14.3. The lowest BCUT2D eigenvalue weighted by Gasteiger charge is -2.27. The molecule has 146 valence electrons. The number of aromatic nitrogens is 1. The number of aromatic amines is 1. The first-order chi connectivity index (χ1) is 13.5. The third-order valence-electron chi connectivity index (χ3n) is 5.59. The largest absolute Gasteiger partial charge is 0.497 e. The fraction of sp³-hybridized carbons (Fsp3) is 0.364. The predicted molar refractivity (Wildman–Crippen MR) is 110 cm³/mol. The van der Waals surface area contributed by atoms with E-state index in [0.717, 1.165) is 42.3 Å². The van der Waals surface area contributed by atoms with Gasteiger partial charge in [-0.15, -0.1) is 0 Å². The Morgan fingerprint density at radius 2 is 2.07 bits per heavy atom. The van der Waals surface area contributed by atoms with Gasteiger partial charge in [-0.3, -0.25) is 10.1 Å². The lowest BCUT2D eigenvalue weighted by molar-refractivity contribution is -0.384. The van der Waals surface area contributed by atoms with Gasteiger partial charge in [0.25, 0.3) is 5.69 Å². The van der Waals surface area contributed by atoms with Crippen molar-refractivity contribution in [2.75, 3.05) is 7.11 Å². The Morgan fingerprint density at radius 1 is 1.29 bits per heavy atom.